The minimum atomic E-state index is -0.369. The quantitative estimate of drug-likeness (QED) is 0.756. The summed E-state index contributed by atoms with van der Waals surface area (Å²) >= 11 is 1.76. The van der Waals surface area contributed by atoms with Gasteiger partial charge in [0.25, 0.3) is 0 Å². The minimum Gasteiger partial charge on any atom is -0.395 e. The Morgan fingerprint density at radius 2 is 2.29 bits per heavy atom. The van der Waals surface area contributed by atoms with Crippen LogP contribution < -0.4 is 11.1 Å². The van der Waals surface area contributed by atoms with Crippen LogP contribution in [0.15, 0.2) is 18.2 Å². The molecule has 0 spiro atoms. The predicted molar refractivity (Wildman–Crippen MR) is 62.3 cm³/mol. The van der Waals surface area contributed by atoms with Crippen molar-refractivity contribution in [1.29, 1.82) is 0 Å². The zero-order chi connectivity index (χ0) is 10.6. The Balaban J connectivity index is 2.63. The molecule has 1 rings (SSSR count). The van der Waals surface area contributed by atoms with Crippen LogP contribution in [0.5, 0.6) is 0 Å². The minimum absolute atomic E-state index is 0.195. The molecule has 14 heavy (non-hydrogen) atoms. The van der Waals surface area contributed by atoms with E-state index in [2.05, 4.69) is 12.2 Å². The van der Waals surface area contributed by atoms with Crippen LogP contribution in [0.3, 0.4) is 0 Å². The Hall–Kier alpha value is -0.900. The van der Waals surface area contributed by atoms with E-state index in [-0.39, 0.29) is 11.5 Å². The molecule has 0 radical (unpaired) electrons. The molecule has 3 N–H and O–H groups in total. The van der Waals surface area contributed by atoms with Crippen LogP contribution in [0.4, 0.5) is 15.8 Å². The van der Waals surface area contributed by atoms with E-state index in [1.807, 2.05) is 6.26 Å². The molecule has 2 nitrogen and oxygen atoms in total. The van der Waals surface area contributed by atoms with Crippen LogP contribution in [0.2, 0.25) is 0 Å². The van der Waals surface area contributed by atoms with E-state index in [4.69, 9.17) is 5.73 Å². The van der Waals surface area contributed by atoms with Crippen molar-refractivity contribution in [2.75, 3.05) is 23.9 Å². The van der Waals surface area contributed by atoms with Crippen LogP contribution in [-0.2, 0) is 0 Å². The number of thioether (sulfide) groups is 1. The molecule has 0 saturated heterocycles. The zero-order valence-corrected chi connectivity index (χ0v) is 9.20. The number of anilines is 2. The molecule has 1 aromatic rings. The Morgan fingerprint density at radius 3 is 2.93 bits per heavy atom. The van der Waals surface area contributed by atoms with E-state index in [1.165, 1.54) is 6.07 Å². The molecule has 1 aromatic carbocycles. The van der Waals surface area contributed by atoms with Gasteiger partial charge in [-0.1, -0.05) is 13.0 Å². The van der Waals surface area contributed by atoms with Gasteiger partial charge in [0.1, 0.15) is 5.82 Å². The fourth-order valence-corrected chi connectivity index (χ4v) is 1.28. The van der Waals surface area contributed by atoms with Crippen molar-refractivity contribution in [2.24, 2.45) is 0 Å². The third kappa shape index (κ3) is 2.80. The summed E-state index contributed by atoms with van der Waals surface area (Å²) in [6, 6.07) is 4.79. The summed E-state index contributed by atoms with van der Waals surface area (Å²) in [6.45, 7) is 2.89. The number of nitrogens with one attached hydrogen (secondary N) is 1. The van der Waals surface area contributed by atoms with Crippen molar-refractivity contribution < 1.29 is 4.39 Å². The Bertz CT molecular complexity index is 304. The highest BCUT2D eigenvalue weighted by Gasteiger charge is 2.04. The molecule has 0 saturated carbocycles. The molecule has 1 atom stereocenters. The van der Waals surface area contributed by atoms with Crippen molar-refractivity contribution in [1.82, 2.24) is 0 Å². The lowest BCUT2D eigenvalue weighted by Crippen LogP contribution is -2.14. The first-order valence-electron chi connectivity index (χ1n) is 4.45. The Kier molecular flexibility index (Phi) is 4.07. The van der Waals surface area contributed by atoms with Crippen molar-refractivity contribution in [3.63, 3.8) is 0 Å². The van der Waals surface area contributed by atoms with Gasteiger partial charge in [-0.15, -0.1) is 0 Å². The molecule has 0 aliphatic heterocycles. The van der Waals surface area contributed by atoms with Crippen LogP contribution >= 0.6 is 11.8 Å². The molecule has 0 amide bonds. The zero-order valence-electron chi connectivity index (χ0n) is 8.38. The van der Waals surface area contributed by atoms with Gasteiger partial charge in [-0.05, 0) is 18.4 Å². The molecule has 0 heterocycles. The highest BCUT2D eigenvalue weighted by atomic mass is 32.2. The summed E-state index contributed by atoms with van der Waals surface area (Å²) in [7, 11) is 0. The maximum absolute atomic E-state index is 13.0. The van der Waals surface area contributed by atoms with Crippen molar-refractivity contribution in [3.8, 4) is 0 Å². The SMILES string of the molecule is CSC(C)CNc1cccc(F)c1N. The fraction of sp³-hybridized carbons (Fsp3) is 0.400. The summed E-state index contributed by atoms with van der Waals surface area (Å²) < 4.78 is 13.0. The summed E-state index contributed by atoms with van der Waals surface area (Å²) in [5.74, 6) is -0.369. The average molecular weight is 214 g/mol. The van der Waals surface area contributed by atoms with Gasteiger partial charge in [-0.25, -0.2) is 4.39 Å². The molecular formula is C10H15FN2S. The Labute approximate surface area is 88.1 Å². The fourth-order valence-electron chi connectivity index (χ4n) is 1.03. The van der Waals surface area contributed by atoms with Gasteiger partial charge >= 0.3 is 0 Å². The molecule has 0 fully saturated rings. The van der Waals surface area contributed by atoms with Gasteiger partial charge in [0.2, 0.25) is 0 Å². The first-order chi connectivity index (χ1) is 6.65. The largest absolute Gasteiger partial charge is 0.395 e. The maximum atomic E-state index is 13.0. The molecule has 78 valence electrons. The normalized spacial score (nSPS) is 12.5. The van der Waals surface area contributed by atoms with Gasteiger partial charge in [0.15, 0.2) is 0 Å². The molecule has 0 bridgehead atoms. The van der Waals surface area contributed by atoms with Crippen LogP contribution in [0, 0.1) is 5.82 Å². The number of nitrogens with two attached hydrogens (primary N) is 1. The number of halogens is 1. The van der Waals surface area contributed by atoms with E-state index < -0.39 is 0 Å². The first-order valence-corrected chi connectivity index (χ1v) is 5.74. The standard InChI is InChI=1S/C10H15FN2S/c1-7(14-2)6-13-9-5-3-4-8(11)10(9)12/h3-5,7,13H,6,12H2,1-2H3. The van der Waals surface area contributed by atoms with E-state index in [0.29, 0.717) is 10.9 Å². The van der Waals surface area contributed by atoms with Gasteiger partial charge in [-0.2, -0.15) is 11.8 Å². The highest BCUT2D eigenvalue weighted by molar-refractivity contribution is 7.99. The number of benzene rings is 1. The summed E-state index contributed by atoms with van der Waals surface area (Å²) in [6.07, 6.45) is 2.04. The monoisotopic (exact) mass is 214 g/mol. The maximum Gasteiger partial charge on any atom is 0.148 e. The van der Waals surface area contributed by atoms with E-state index in [0.717, 1.165) is 6.54 Å². The van der Waals surface area contributed by atoms with Crippen molar-refractivity contribution in [3.05, 3.63) is 24.0 Å². The van der Waals surface area contributed by atoms with E-state index in [1.54, 1.807) is 23.9 Å². The number of nitrogen functional groups attached to an aromatic ring is 1. The van der Waals surface area contributed by atoms with Crippen LogP contribution in [0.25, 0.3) is 0 Å². The predicted octanol–water partition coefficient (Wildman–Crippen LogP) is 2.57. The third-order valence-corrected chi connectivity index (χ3v) is 3.01. The lowest BCUT2D eigenvalue weighted by Gasteiger charge is -2.12. The molecule has 4 heteroatoms. The molecule has 0 aliphatic rings. The number of hydrogen-bond donors (Lipinski definition) is 2. The second-order valence-corrected chi connectivity index (χ2v) is 4.40. The number of para-hydroxylation sites is 1. The van der Waals surface area contributed by atoms with Gasteiger partial charge in [0.05, 0.1) is 11.4 Å². The van der Waals surface area contributed by atoms with E-state index in [9.17, 15) is 4.39 Å². The lowest BCUT2D eigenvalue weighted by atomic mass is 10.2. The summed E-state index contributed by atoms with van der Waals surface area (Å²) in [5, 5.41) is 3.60. The van der Waals surface area contributed by atoms with Crippen molar-refractivity contribution in [2.45, 2.75) is 12.2 Å². The molecular weight excluding hydrogens is 199 g/mol. The van der Waals surface area contributed by atoms with Crippen LogP contribution in [0.1, 0.15) is 6.92 Å². The molecule has 0 aliphatic carbocycles. The van der Waals surface area contributed by atoms with E-state index >= 15 is 0 Å². The first kappa shape index (κ1) is 11.2. The Morgan fingerprint density at radius 1 is 1.57 bits per heavy atom. The van der Waals surface area contributed by atoms with Gasteiger partial charge in [0, 0.05) is 11.8 Å². The smallest absolute Gasteiger partial charge is 0.148 e. The highest BCUT2D eigenvalue weighted by Crippen LogP contribution is 2.21. The third-order valence-electron chi connectivity index (χ3n) is 2.04. The lowest BCUT2D eigenvalue weighted by molar-refractivity contribution is 0.633. The second kappa shape index (κ2) is 5.10. The molecule has 1 unspecified atom stereocenters. The van der Waals surface area contributed by atoms with Crippen molar-refractivity contribution >= 4 is 23.1 Å². The topological polar surface area (TPSA) is 38.0 Å². The van der Waals surface area contributed by atoms with Gasteiger partial charge in [-0.3, -0.25) is 0 Å². The average Bonchev–Trinajstić information content (AvgIpc) is 2.20. The number of rotatable bonds is 4. The van der Waals surface area contributed by atoms with Gasteiger partial charge < -0.3 is 11.1 Å². The summed E-state index contributed by atoms with van der Waals surface area (Å²) in [4.78, 5) is 0. The molecule has 0 aromatic heterocycles. The number of hydrogen-bond acceptors (Lipinski definition) is 3. The van der Waals surface area contributed by atoms with Crippen LogP contribution in [-0.4, -0.2) is 18.1 Å². The summed E-state index contributed by atoms with van der Waals surface area (Å²) in [5.41, 5.74) is 6.43. The second-order valence-electron chi connectivity index (χ2n) is 3.13.